The first-order chi connectivity index (χ1) is 11.2. The molecule has 114 valence electrons. The lowest BCUT2D eigenvalue weighted by Crippen LogP contribution is -1.86. The Hall–Kier alpha value is -2.59. The fraction of sp³-hybridized carbons (Fsp3) is 0.105. The molecule has 3 nitrogen and oxygen atoms in total. The quantitative estimate of drug-likeness (QED) is 0.547. The number of aromatic nitrogens is 2. The third kappa shape index (κ3) is 2.51. The summed E-state index contributed by atoms with van der Waals surface area (Å²) >= 11 is 1.66. The Morgan fingerprint density at radius 3 is 2.65 bits per heavy atom. The average Bonchev–Trinajstić information content (AvgIpc) is 3.15. The van der Waals surface area contributed by atoms with E-state index in [4.69, 9.17) is 10.7 Å². The minimum Gasteiger partial charge on any atom is -0.399 e. The van der Waals surface area contributed by atoms with E-state index in [1.807, 2.05) is 24.3 Å². The van der Waals surface area contributed by atoms with Crippen LogP contribution in [0.25, 0.3) is 27.5 Å². The van der Waals surface area contributed by atoms with Crippen molar-refractivity contribution in [3.8, 4) is 22.5 Å². The Morgan fingerprint density at radius 1 is 1.09 bits per heavy atom. The molecule has 0 unspecified atom stereocenters. The smallest absolute Gasteiger partial charge is 0.194 e. The molecule has 2 N–H and O–H groups in total. The Morgan fingerprint density at radius 2 is 1.91 bits per heavy atom. The summed E-state index contributed by atoms with van der Waals surface area (Å²) in [4.78, 5) is 5.73. The molecule has 0 aliphatic carbocycles. The first-order valence-corrected chi connectivity index (χ1v) is 8.54. The SMILES string of the molecule is CCc1ccc(-c2csc3nc(-c4cccc(N)c4)cn23)cc1. The minimum atomic E-state index is 0.759. The standard InChI is InChI=1S/C19H17N3S/c1-2-13-6-8-14(9-7-13)18-12-23-19-21-17(11-22(18)19)15-4-3-5-16(20)10-15/h3-12H,2,20H2,1H3. The maximum Gasteiger partial charge on any atom is 0.194 e. The highest BCUT2D eigenvalue weighted by molar-refractivity contribution is 7.15. The summed E-state index contributed by atoms with van der Waals surface area (Å²) in [6, 6.07) is 16.6. The lowest BCUT2D eigenvalue weighted by atomic mass is 10.1. The van der Waals surface area contributed by atoms with Crippen LogP contribution in [0.4, 0.5) is 5.69 Å². The molecule has 0 aliphatic rings. The van der Waals surface area contributed by atoms with E-state index in [2.05, 4.69) is 47.2 Å². The van der Waals surface area contributed by atoms with Crippen molar-refractivity contribution in [1.29, 1.82) is 0 Å². The summed E-state index contributed by atoms with van der Waals surface area (Å²) in [5.74, 6) is 0. The third-order valence-corrected chi connectivity index (χ3v) is 4.89. The summed E-state index contributed by atoms with van der Waals surface area (Å²) in [7, 11) is 0. The van der Waals surface area contributed by atoms with Gasteiger partial charge in [-0.3, -0.25) is 4.40 Å². The van der Waals surface area contributed by atoms with Crippen molar-refractivity contribution in [3.63, 3.8) is 0 Å². The molecule has 0 saturated heterocycles. The van der Waals surface area contributed by atoms with Gasteiger partial charge in [-0.15, -0.1) is 11.3 Å². The topological polar surface area (TPSA) is 43.3 Å². The summed E-state index contributed by atoms with van der Waals surface area (Å²) in [5.41, 5.74) is 12.4. The molecule has 2 aromatic heterocycles. The second-order valence-corrected chi connectivity index (χ2v) is 6.41. The number of benzene rings is 2. The number of nitrogens with two attached hydrogens (primary N) is 1. The molecule has 0 radical (unpaired) electrons. The van der Waals surface area contributed by atoms with E-state index in [-0.39, 0.29) is 0 Å². The number of hydrogen-bond acceptors (Lipinski definition) is 3. The van der Waals surface area contributed by atoms with Gasteiger partial charge in [0.25, 0.3) is 0 Å². The number of imidazole rings is 1. The molecule has 0 saturated carbocycles. The van der Waals surface area contributed by atoms with Crippen LogP contribution in [0.2, 0.25) is 0 Å². The largest absolute Gasteiger partial charge is 0.399 e. The van der Waals surface area contributed by atoms with E-state index in [0.29, 0.717) is 0 Å². The van der Waals surface area contributed by atoms with Gasteiger partial charge in [0.15, 0.2) is 4.96 Å². The predicted octanol–water partition coefficient (Wildman–Crippen LogP) is 4.87. The lowest BCUT2D eigenvalue weighted by Gasteiger charge is -2.02. The number of rotatable bonds is 3. The fourth-order valence-electron chi connectivity index (χ4n) is 2.74. The van der Waals surface area contributed by atoms with Gasteiger partial charge in [-0.2, -0.15) is 0 Å². The van der Waals surface area contributed by atoms with Crippen LogP contribution in [0.3, 0.4) is 0 Å². The van der Waals surface area contributed by atoms with Crippen LogP contribution in [0, 0.1) is 0 Å². The van der Waals surface area contributed by atoms with Crippen molar-refractivity contribution in [1.82, 2.24) is 9.38 Å². The summed E-state index contributed by atoms with van der Waals surface area (Å²) < 4.78 is 2.16. The first kappa shape index (κ1) is 14.0. The summed E-state index contributed by atoms with van der Waals surface area (Å²) in [6.07, 6.45) is 3.15. The van der Waals surface area contributed by atoms with E-state index in [1.165, 1.54) is 16.8 Å². The molecule has 0 atom stereocenters. The van der Waals surface area contributed by atoms with Gasteiger partial charge in [0, 0.05) is 22.8 Å². The number of anilines is 1. The highest BCUT2D eigenvalue weighted by Gasteiger charge is 2.11. The van der Waals surface area contributed by atoms with E-state index in [0.717, 1.165) is 28.3 Å². The molecular formula is C19H17N3S. The van der Waals surface area contributed by atoms with Crippen LogP contribution in [-0.2, 0) is 6.42 Å². The Labute approximate surface area is 139 Å². The van der Waals surface area contributed by atoms with Crippen LogP contribution in [-0.4, -0.2) is 9.38 Å². The zero-order chi connectivity index (χ0) is 15.8. The summed E-state index contributed by atoms with van der Waals surface area (Å²) in [5, 5.41) is 2.16. The van der Waals surface area contributed by atoms with Gasteiger partial charge >= 0.3 is 0 Å². The van der Waals surface area contributed by atoms with Crippen LogP contribution in [0.5, 0.6) is 0 Å². The van der Waals surface area contributed by atoms with Crippen LogP contribution < -0.4 is 5.73 Å². The van der Waals surface area contributed by atoms with Gasteiger partial charge in [-0.05, 0) is 29.7 Å². The average molecular weight is 319 g/mol. The molecule has 0 amide bonds. The molecule has 4 heteroatoms. The van der Waals surface area contributed by atoms with Crippen LogP contribution in [0.15, 0.2) is 60.1 Å². The Bertz CT molecular complexity index is 964. The Kier molecular flexibility index (Phi) is 3.39. The third-order valence-electron chi connectivity index (χ3n) is 4.05. The molecular weight excluding hydrogens is 302 g/mol. The van der Waals surface area contributed by atoms with E-state index < -0.39 is 0 Å². The highest BCUT2D eigenvalue weighted by atomic mass is 32.1. The zero-order valence-corrected chi connectivity index (χ0v) is 13.7. The van der Waals surface area contributed by atoms with Gasteiger partial charge in [0.1, 0.15) is 0 Å². The normalized spacial score (nSPS) is 11.2. The molecule has 2 heterocycles. The van der Waals surface area contributed by atoms with Crippen LogP contribution >= 0.6 is 11.3 Å². The van der Waals surface area contributed by atoms with Gasteiger partial charge in [0.2, 0.25) is 0 Å². The molecule has 0 aliphatic heterocycles. The number of nitrogens with zero attached hydrogens (tertiary/aromatic N) is 2. The molecule has 4 rings (SSSR count). The number of fused-ring (bicyclic) bond motifs is 1. The molecule has 0 fully saturated rings. The lowest BCUT2D eigenvalue weighted by molar-refractivity contribution is 1.14. The second kappa shape index (κ2) is 5.56. The van der Waals surface area contributed by atoms with E-state index in [1.54, 1.807) is 11.3 Å². The zero-order valence-electron chi connectivity index (χ0n) is 12.9. The van der Waals surface area contributed by atoms with Gasteiger partial charge < -0.3 is 5.73 Å². The molecule has 0 spiro atoms. The van der Waals surface area contributed by atoms with E-state index >= 15 is 0 Å². The van der Waals surface area contributed by atoms with Crippen LogP contribution in [0.1, 0.15) is 12.5 Å². The minimum absolute atomic E-state index is 0.759. The van der Waals surface area contributed by atoms with Gasteiger partial charge in [-0.25, -0.2) is 4.98 Å². The highest BCUT2D eigenvalue weighted by Crippen LogP contribution is 2.30. The van der Waals surface area contributed by atoms with Gasteiger partial charge in [-0.1, -0.05) is 43.3 Å². The van der Waals surface area contributed by atoms with Crippen molar-refractivity contribution >= 4 is 22.0 Å². The van der Waals surface area contributed by atoms with Crippen molar-refractivity contribution in [2.24, 2.45) is 0 Å². The number of thiazole rings is 1. The number of hydrogen-bond donors (Lipinski definition) is 1. The van der Waals surface area contributed by atoms with E-state index in [9.17, 15) is 0 Å². The maximum atomic E-state index is 5.88. The molecule has 0 bridgehead atoms. The van der Waals surface area contributed by atoms with Crippen molar-refractivity contribution in [2.45, 2.75) is 13.3 Å². The monoisotopic (exact) mass is 319 g/mol. The maximum absolute atomic E-state index is 5.88. The number of aryl methyl sites for hydroxylation is 1. The van der Waals surface area contributed by atoms with Crippen molar-refractivity contribution < 1.29 is 0 Å². The fourth-order valence-corrected chi connectivity index (χ4v) is 3.62. The second-order valence-electron chi connectivity index (χ2n) is 5.58. The van der Waals surface area contributed by atoms with Crippen molar-refractivity contribution in [3.05, 3.63) is 65.7 Å². The molecule has 23 heavy (non-hydrogen) atoms. The molecule has 4 aromatic rings. The first-order valence-electron chi connectivity index (χ1n) is 7.66. The summed E-state index contributed by atoms with van der Waals surface area (Å²) in [6.45, 7) is 2.17. The van der Waals surface area contributed by atoms with Gasteiger partial charge in [0.05, 0.1) is 11.4 Å². The predicted molar refractivity (Wildman–Crippen MR) is 97.7 cm³/mol. The number of nitrogen functional groups attached to an aromatic ring is 1. The Balaban J connectivity index is 1.80. The molecule has 2 aromatic carbocycles. The van der Waals surface area contributed by atoms with Crippen molar-refractivity contribution in [2.75, 3.05) is 5.73 Å².